The molecule has 3 aliphatic rings. The number of likely N-dealkylation sites (tertiary alicyclic amines) is 1. The number of carbonyl (C=O) groups excluding carboxylic acids is 1. The van der Waals surface area contributed by atoms with Crippen molar-refractivity contribution in [2.75, 3.05) is 51.9 Å². The first-order chi connectivity index (χ1) is 18.0. The number of nitrogens with zero attached hydrogens (tertiary/aromatic N) is 6. The number of ether oxygens (including phenoxy) is 3. The van der Waals surface area contributed by atoms with E-state index >= 15 is 0 Å². The number of piperidine rings is 1. The van der Waals surface area contributed by atoms with E-state index in [0.29, 0.717) is 30.2 Å². The van der Waals surface area contributed by atoms with Crippen LogP contribution in [0.15, 0.2) is 24.4 Å². The van der Waals surface area contributed by atoms with Crippen LogP contribution >= 0.6 is 0 Å². The highest BCUT2D eigenvalue weighted by Crippen LogP contribution is 2.35. The number of carbonyl (C=O) groups is 1. The topological polar surface area (TPSA) is 94.8 Å². The zero-order chi connectivity index (χ0) is 25.5. The molecule has 0 amide bonds. The van der Waals surface area contributed by atoms with Crippen molar-refractivity contribution < 1.29 is 19.0 Å². The summed E-state index contributed by atoms with van der Waals surface area (Å²) in [6, 6.07) is 7.21. The van der Waals surface area contributed by atoms with Crippen molar-refractivity contribution in [3.8, 4) is 11.8 Å². The van der Waals surface area contributed by atoms with E-state index in [1.54, 1.807) is 7.11 Å². The Morgan fingerprint density at radius 2 is 1.95 bits per heavy atom. The molecule has 3 saturated heterocycles. The molecule has 1 unspecified atom stereocenters. The van der Waals surface area contributed by atoms with Gasteiger partial charge in [-0.05, 0) is 68.5 Å². The lowest BCUT2D eigenvalue weighted by atomic mass is 9.86. The van der Waals surface area contributed by atoms with Crippen LogP contribution in [0.1, 0.15) is 42.7 Å². The van der Waals surface area contributed by atoms with Crippen molar-refractivity contribution in [2.45, 2.75) is 50.7 Å². The molecule has 0 spiro atoms. The van der Waals surface area contributed by atoms with Crippen molar-refractivity contribution in [1.29, 1.82) is 0 Å². The molecule has 1 aromatic carbocycles. The van der Waals surface area contributed by atoms with Gasteiger partial charge in [-0.25, -0.2) is 4.68 Å². The van der Waals surface area contributed by atoms with Crippen LogP contribution in [0.4, 0.5) is 5.82 Å². The summed E-state index contributed by atoms with van der Waals surface area (Å²) in [4.78, 5) is 25.5. The van der Waals surface area contributed by atoms with Gasteiger partial charge in [-0.15, -0.1) is 0 Å². The summed E-state index contributed by atoms with van der Waals surface area (Å²) < 4.78 is 18.0. The highest BCUT2D eigenvalue weighted by molar-refractivity contribution is 5.82. The van der Waals surface area contributed by atoms with E-state index in [1.807, 2.05) is 16.9 Å². The fourth-order valence-corrected chi connectivity index (χ4v) is 6.07. The summed E-state index contributed by atoms with van der Waals surface area (Å²) in [5.74, 6) is 1.88. The standard InChI is InChI=1S/C27H34N6O4/c1-17-10-19-14-28-33(23(19)12-22(17)18-4-7-31(8-5-18)9-6-26(34)35-2)25-13-24(29-27(30-25)36-3)32-15-21-11-20(32)16-37-21/h10,12-14,18,20-21H,4-9,11,15-16H2,1-3H3/t20?,21-/m1/s1. The van der Waals surface area contributed by atoms with E-state index in [-0.39, 0.29) is 12.1 Å². The Kier molecular flexibility index (Phi) is 6.46. The molecule has 3 aromatic rings. The van der Waals surface area contributed by atoms with Crippen molar-refractivity contribution in [3.05, 3.63) is 35.5 Å². The summed E-state index contributed by atoms with van der Waals surface area (Å²) in [6.45, 7) is 6.48. The number of rotatable bonds is 7. The van der Waals surface area contributed by atoms with E-state index < -0.39 is 0 Å². The van der Waals surface area contributed by atoms with Crippen LogP contribution in [0.25, 0.3) is 16.7 Å². The number of esters is 1. The van der Waals surface area contributed by atoms with E-state index in [4.69, 9.17) is 19.3 Å². The number of fused-ring (bicyclic) bond motifs is 3. The fraction of sp³-hybridized carbons (Fsp3) is 0.556. The third kappa shape index (κ3) is 4.64. The normalized spacial score (nSPS) is 22.2. The largest absolute Gasteiger partial charge is 0.469 e. The van der Waals surface area contributed by atoms with Gasteiger partial charge in [0.2, 0.25) is 0 Å². The van der Waals surface area contributed by atoms with E-state index in [0.717, 1.165) is 68.8 Å². The Morgan fingerprint density at radius 3 is 2.65 bits per heavy atom. The van der Waals surface area contributed by atoms with Crippen LogP contribution in [-0.2, 0) is 14.3 Å². The second kappa shape index (κ2) is 9.90. The second-order valence-corrected chi connectivity index (χ2v) is 10.3. The van der Waals surface area contributed by atoms with Gasteiger partial charge < -0.3 is 24.0 Å². The lowest BCUT2D eigenvalue weighted by Gasteiger charge is -2.32. The number of hydrogen-bond donors (Lipinski definition) is 0. The molecule has 10 heteroatoms. The lowest BCUT2D eigenvalue weighted by Crippen LogP contribution is -2.37. The predicted molar refractivity (Wildman–Crippen MR) is 138 cm³/mol. The fourth-order valence-electron chi connectivity index (χ4n) is 6.07. The number of benzene rings is 1. The first-order valence-electron chi connectivity index (χ1n) is 13.1. The summed E-state index contributed by atoms with van der Waals surface area (Å²) in [7, 11) is 3.05. The van der Waals surface area contributed by atoms with Crippen LogP contribution < -0.4 is 9.64 Å². The maximum Gasteiger partial charge on any atom is 0.320 e. The Balaban J connectivity index is 1.27. The summed E-state index contributed by atoms with van der Waals surface area (Å²) in [6.07, 6.45) is 5.79. The summed E-state index contributed by atoms with van der Waals surface area (Å²) in [5.41, 5.74) is 3.68. The van der Waals surface area contributed by atoms with Crippen molar-refractivity contribution in [1.82, 2.24) is 24.6 Å². The number of hydrogen-bond acceptors (Lipinski definition) is 9. The van der Waals surface area contributed by atoms with Crippen molar-refractivity contribution in [3.63, 3.8) is 0 Å². The molecule has 2 atom stereocenters. The molecule has 0 saturated carbocycles. The Morgan fingerprint density at radius 1 is 1.14 bits per heavy atom. The molecule has 37 heavy (non-hydrogen) atoms. The smallest absolute Gasteiger partial charge is 0.320 e. The molecule has 3 aliphatic heterocycles. The quantitative estimate of drug-likeness (QED) is 0.448. The Labute approximate surface area is 216 Å². The van der Waals surface area contributed by atoms with Gasteiger partial charge in [-0.1, -0.05) is 0 Å². The van der Waals surface area contributed by atoms with Gasteiger partial charge in [0.15, 0.2) is 5.82 Å². The molecule has 0 radical (unpaired) electrons. The number of aromatic nitrogens is 4. The molecule has 3 fully saturated rings. The molecule has 6 rings (SSSR count). The summed E-state index contributed by atoms with van der Waals surface area (Å²) >= 11 is 0. The van der Waals surface area contributed by atoms with E-state index in [2.05, 4.69) is 38.8 Å². The number of anilines is 1. The Hall–Kier alpha value is -3.24. The van der Waals surface area contributed by atoms with Crippen LogP contribution in [0.2, 0.25) is 0 Å². The van der Waals surface area contributed by atoms with Gasteiger partial charge in [-0.2, -0.15) is 15.1 Å². The predicted octanol–water partition coefficient (Wildman–Crippen LogP) is 2.85. The molecule has 5 heterocycles. The van der Waals surface area contributed by atoms with Crippen LogP contribution in [0, 0.1) is 6.92 Å². The average Bonchev–Trinajstić information content (AvgIpc) is 3.67. The SMILES string of the molecule is COC(=O)CCN1CCC(c2cc3c(cnn3-c3cc(N4C[C@H]5CC4CO5)nc(OC)n3)cc2C)CC1. The second-order valence-electron chi connectivity index (χ2n) is 10.3. The molecule has 0 N–H and O–H groups in total. The number of aryl methyl sites for hydroxylation is 1. The van der Waals surface area contributed by atoms with Crippen LogP contribution in [0.3, 0.4) is 0 Å². The number of methoxy groups -OCH3 is 2. The summed E-state index contributed by atoms with van der Waals surface area (Å²) in [5, 5.41) is 5.81. The lowest BCUT2D eigenvalue weighted by molar-refractivity contribution is -0.141. The average molecular weight is 507 g/mol. The first-order valence-corrected chi connectivity index (χ1v) is 13.1. The first kappa shape index (κ1) is 24.1. The maximum atomic E-state index is 11.5. The van der Waals surface area contributed by atoms with Gasteiger partial charge in [0.1, 0.15) is 5.82 Å². The monoisotopic (exact) mass is 506 g/mol. The minimum atomic E-state index is -0.147. The minimum absolute atomic E-state index is 0.147. The number of morpholine rings is 1. The van der Waals surface area contributed by atoms with Gasteiger partial charge in [0, 0.05) is 24.5 Å². The maximum absolute atomic E-state index is 11.5. The highest BCUT2D eigenvalue weighted by atomic mass is 16.5. The molecule has 2 aromatic heterocycles. The van der Waals surface area contributed by atoms with E-state index in [9.17, 15) is 4.79 Å². The van der Waals surface area contributed by atoms with Gasteiger partial charge in [-0.3, -0.25) is 4.79 Å². The molecule has 0 aliphatic carbocycles. The Bertz CT molecular complexity index is 1300. The molecular weight excluding hydrogens is 472 g/mol. The molecular formula is C27H34N6O4. The molecule has 2 bridgehead atoms. The van der Waals surface area contributed by atoms with Gasteiger partial charge in [0.25, 0.3) is 0 Å². The van der Waals surface area contributed by atoms with E-state index in [1.165, 1.54) is 18.2 Å². The van der Waals surface area contributed by atoms with Crippen LogP contribution in [-0.4, -0.2) is 89.8 Å². The zero-order valence-electron chi connectivity index (χ0n) is 21.7. The van der Waals surface area contributed by atoms with Gasteiger partial charge in [0.05, 0.1) is 51.1 Å². The third-order valence-electron chi connectivity index (χ3n) is 8.12. The van der Waals surface area contributed by atoms with Gasteiger partial charge >= 0.3 is 12.0 Å². The molecule has 10 nitrogen and oxygen atoms in total. The molecule has 196 valence electrons. The van der Waals surface area contributed by atoms with Crippen molar-refractivity contribution >= 4 is 22.7 Å². The van der Waals surface area contributed by atoms with Crippen molar-refractivity contribution in [2.24, 2.45) is 0 Å². The zero-order valence-corrected chi connectivity index (χ0v) is 21.7. The highest BCUT2D eigenvalue weighted by Gasteiger charge is 2.40. The van der Waals surface area contributed by atoms with Crippen LogP contribution in [0.5, 0.6) is 6.01 Å². The minimum Gasteiger partial charge on any atom is -0.469 e. The third-order valence-corrected chi connectivity index (χ3v) is 8.12.